The van der Waals surface area contributed by atoms with Crippen LogP contribution in [0.1, 0.15) is 0 Å². The molecule has 0 fully saturated rings. The maximum absolute atomic E-state index is 8.89. The van der Waals surface area contributed by atoms with Crippen molar-refractivity contribution in [1.82, 2.24) is 0 Å². The quantitative estimate of drug-likeness (QED) is 0.501. The Labute approximate surface area is 103 Å². The second-order valence-electron chi connectivity index (χ2n) is 0.408. The molecule has 0 aliphatic rings. The molecule has 41 valence electrons. The Morgan fingerprint density at radius 3 is 1.43 bits per heavy atom. The average Bonchev–Trinajstić information content (AvgIpc) is 0.722. The third-order valence-corrected chi connectivity index (χ3v) is 0. The molecule has 0 N–H and O–H groups in total. The zero-order chi connectivity index (χ0) is 4.50. The maximum atomic E-state index is 8.89. The van der Waals surface area contributed by atoms with Crippen molar-refractivity contribution in [2.45, 2.75) is 0 Å². The van der Waals surface area contributed by atoms with E-state index in [0.29, 0.717) is 0 Å². The minimum absolute atomic E-state index is 0. The largest absolute Gasteiger partial charge is 2.00 e. The van der Waals surface area contributed by atoms with Crippen LogP contribution in [0.15, 0.2) is 0 Å². The summed E-state index contributed by atoms with van der Waals surface area (Å²) < 4.78 is 26.7. The van der Waals surface area contributed by atoms with Gasteiger partial charge in [0, 0.05) is 51.4 Å². The molecule has 0 unspecified atom stereocenters. The van der Waals surface area contributed by atoms with Gasteiger partial charge in [0.05, 0.1) is 0 Å². The van der Waals surface area contributed by atoms with E-state index in [9.17, 15) is 0 Å². The number of hydrogen-bond donors (Lipinski definition) is 0. The Kier molecular flexibility index (Phi) is 15.6. The van der Waals surface area contributed by atoms with Crippen LogP contribution in [0.25, 0.3) is 0 Å². The molecule has 0 spiro atoms. The van der Waals surface area contributed by atoms with Gasteiger partial charge in [0.25, 0.3) is 0 Å². The Balaban J connectivity index is -0.0000000800. The minimum atomic E-state index is -4.33. The summed E-state index contributed by atoms with van der Waals surface area (Å²) in [5.41, 5.74) is 0. The molecule has 7 heavy (non-hydrogen) atoms. The zero-order valence-electron chi connectivity index (χ0n) is 3.36. The summed E-state index contributed by atoms with van der Waals surface area (Å²) in [6, 6.07) is 0. The molecule has 0 amide bonds. The Morgan fingerprint density at radius 2 is 1.43 bits per heavy atom. The van der Waals surface area contributed by atoms with Gasteiger partial charge in [-0.3, -0.25) is 4.21 Å². The maximum Gasteiger partial charge on any atom is 2.00 e. The topological polar surface area (TPSA) is 63.2 Å². The molecule has 7 heteroatoms. The van der Waals surface area contributed by atoms with Crippen LogP contribution >= 0.6 is 0 Å². The van der Waals surface area contributed by atoms with Crippen molar-refractivity contribution in [3.63, 3.8) is 0 Å². The smallest absolute Gasteiger partial charge is 0.780 e. The molecule has 0 saturated carbocycles. The van der Waals surface area contributed by atoms with Gasteiger partial charge in [-0.25, -0.2) is 0 Å². The van der Waals surface area contributed by atoms with Crippen LogP contribution in [0.5, 0.6) is 0 Å². The molecular formula is KO3PdS2. The molecule has 1 radical (unpaired) electrons. The molecule has 0 bridgehead atoms. The Morgan fingerprint density at radius 1 is 1.43 bits per heavy atom. The van der Waals surface area contributed by atoms with E-state index in [0.717, 1.165) is 0 Å². The van der Waals surface area contributed by atoms with Gasteiger partial charge in [-0.2, -0.15) is 0 Å². The molecule has 0 aliphatic carbocycles. The molecule has 0 aliphatic heterocycles. The first-order valence-electron chi connectivity index (χ1n) is 0.667. The van der Waals surface area contributed by atoms with Crippen molar-refractivity contribution in [2.75, 3.05) is 0 Å². The van der Waals surface area contributed by atoms with Gasteiger partial charge < -0.3 is 9.11 Å². The van der Waals surface area contributed by atoms with E-state index < -0.39 is 9.05 Å². The van der Waals surface area contributed by atoms with Crippen molar-refractivity contribution in [3.05, 3.63) is 0 Å². The fraction of sp³-hybridized carbons (Fsp3) is 0. The van der Waals surface area contributed by atoms with Gasteiger partial charge in [0.1, 0.15) is 0 Å². The monoisotopic (exact) mass is 257 g/mol. The van der Waals surface area contributed by atoms with Crippen LogP contribution in [-0.2, 0) is 40.7 Å². The third kappa shape index (κ3) is 55.6. The van der Waals surface area contributed by atoms with Gasteiger partial charge in [-0.15, -0.1) is 9.05 Å². The van der Waals surface area contributed by atoms with Gasteiger partial charge in [-0.05, 0) is 11.2 Å². The summed E-state index contributed by atoms with van der Waals surface area (Å²) in [6.45, 7) is 0. The summed E-state index contributed by atoms with van der Waals surface area (Å²) in [5.74, 6) is 0. The van der Waals surface area contributed by atoms with Gasteiger partial charge in [-0.1, -0.05) is 0 Å². The normalized spacial score (nSPS) is 8.29. The molecule has 0 saturated heterocycles. The summed E-state index contributed by atoms with van der Waals surface area (Å²) in [5, 5.41) is 0. The van der Waals surface area contributed by atoms with Gasteiger partial charge in [0.2, 0.25) is 0 Å². The van der Waals surface area contributed by atoms with E-state index >= 15 is 0 Å². The van der Waals surface area contributed by atoms with E-state index in [4.69, 9.17) is 13.3 Å². The third-order valence-electron chi connectivity index (χ3n) is 0. The Bertz CT molecular complexity index is 96.1. The molecule has 0 aromatic rings. The van der Waals surface area contributed by atoms with Crippen LogP contribution in [-0.4, -0.2) is 64.7 Å². The van der Waals surface area contributed by atoms with E-state index in [-0.39, 0.29) is 71.8 Å². The van der Waals surface area contributed by atoms with Crippen molar-refractivity contribution in [3.8, 4) is 0 Å². The second-order valence-corrected chi connectivity index (χ2v) is 2.45. The summed E-state index contributed by atoms with van der Waals surface area (Å²) >= 11 is 3.24. The van der Waals surface area contributed by atoms with Crippen molar-refractivity contribution < 1.29 is 33.7 Å². The molecule has 0 heterocycles. The summed E-state index contributed by atoms with van der Waals surface area (Å²) in [6.07, 6.45) is 0. The van der Waals surface area contributed by atoms with Crippen LogP contribution in [0.2, 0.25) is 0 Å². The first-order valence-corrected chi connectivity index (χ1v) is 3.00. The minimum Gasteiger partial charge on any atom is -0.780 e. The SMILES string of the molecule is O=S([O-])([O-])=S.[K].[Pd+2]. The van der Waals surface area contributed by atoms with Crippen LogP contribution < -0.4 is 0 Å². The van der Waals surface area contributed by atoms with Crippen molar-refractivity contribution >= 4 is 71.6 Å². The molecule has 3 nitrogen and oxygen atoms in total. The fourth-order valence-electron chi connectivity index (χ4n) is 0. The van der Waals surface area contributed by atoms with Crippen molar-refractivity contribution in [2.24, 2.45) is 0 Å². The van der Waals surface area contributed by atoms with Crippen LogP contribution in [0.4, 0.5) is 0 Å². The molecule has 0 aromatic carbocycles. The molecular weight excluding hydrogens is 258 g/mol. The van der Waals surface area contributed by atoms with Crippen molar-refractivity contribution in [1.29, 1.82) is 0 Å². The Hall–Kier alpha value is 2.59. The standard InChI is InChI=1S/K.H2O3S2.Pd/c;1-5(2,3)4;/h;(H2,1,2,3,4);/q;;+2/p-2. The summed E-state index contributed by atoms with van der Waals surface area (Å²) in [4.78, 5) is 0. The fourth-order valence-corrected chi connectivity index (χ4v) is 0. The number of rotatable bonds is 0. The molecule has 0 atom stereocenters. The van der Waals surface area contributed by atoms with E-state index in [2.05, 4.69) is 11.2 Å². The molecule has 0 aromatic heterocycles. The van der Waals surface area contributed by atoms with Gasteiger partial charge in [0.15, 0.2) is 0 Å². The molecule has 0 rings (SSSR count). The predicted octanol–water partition coefficient (Wildman–Crippen LogP) is -1.39. The number of hydrogen-bond acceptors (Lipinski definition) is 4. The van der Waals surface area contributed by atoms with Crippen LogP contribution in [0.3, 0.4) is 0 Å². The first kappa shape index (κ1) is 16.3. The van der Waals surface area contributed by atoms with Gasteiger partial charge >= 0.3 is 20.4 Å². The second kappa shape index (κ2) is 6.71. The summed E-state index contributed by atoms with van der Waals surface area (Å²) in [7, 11) is -4.33. The first-order chi connectivity index (χ1) is 2.00. The average molecular weight is 258 g/mol. The van der Waals surface area contributed by atoms with Crippen LogP contribution in [0, 0.1) is 0 Å². The van der Waals surface area contributed by atoms with E-state index in [1.807, 2.05) is 0 Å². The van der Waals surface area contributed by atoms with E-state index in [1.54, 1.807) is 0 Å². The predicted molar refractivity (Wildman–Crippen MR) is 22.8 cm³/mol. The zero-order valence-corrected chi connectivity index (χ0v) is 9.67. The van der Waals surface area contributed by atoms with E-state index in [1.165, 1.54) is 0 Å².